The Balaban J connectivity index is 1.34. The van der Waals surface area contributed by atoms with Gasteiger partial charge in [-0.1, -0.05) is 62.0 Å². The Labute approximate surface area is 173 Å². The van der Waals surface area contributed by atoms with Crippen LogP contribution in [0.4, 0.5) is 0 Å². The van der Waals surface area contributed by atoms with E-state index >= 15 is 0 Å². The Morgan fingerprint density at radius 1 is 1.10 bits per heavy atom. The zero-order valence-electron chi connectivity index (χ0n) is 16.3. The van der Waals surface area contributed by atoms with E-state index in [0.717, 1.165) is 27.8 Å². The van der Waals surface area contributed by atoms with E-state index in [9.17, 15) is 5.11 Å². The van der Waals surface area contributed by atoms with Crippen molar-refractivity contribution in [2.45, 2.75) is 31.1 Å². The monoisotopic (exact) mass is 409 g/mol. The molecule has 7 heteroatoms. The summed E-state index contributed by atoms with van der Waals surface area (Å²) in [6.45, 7) is 4.45. The number of rotatable bonds is 8. The van der Waals surface area contributed by atoms with Gasteiger partial charge in [-0.2, -0.15) is 0 Å². The molecule has 2 heterocycles. The van der Waals surface area contributed by atoms with E-state index in [4.69, 9.17) is 9.15 Å². The number of hydrogen-bond acceptors (Lipinski definition) is 6. The largest absolute Gasteiger partial charge is 0.491 e. The van der Waals surface area contributed by atoms with Crippen molar-refractivity contribution >= 4 is 22.7 Å². The fraction of sp³-hybridized carbons (Fsp3) is 0.273. The van der Waals surface area contributed by atoms with Crippen LogP contribution in [0.25, 0.3) is 22.4 Å². The number of benzene rings is 2. The minimum Gasteiger partial charge on any atom is -0.491 e. The molecular formula is C22H23N3O3S. The van der Waals surface area contributed by atoms with E-state index in [0.29, 0.717) is 22.8 Å². The topological polar surface area (TPSA) is 84.2 Å². The average Bonchev–Trinajstić information content (AvgIpc) is 3.37. The molecule has 0 aliphatic carbocycles. The molecule has 4 aromatic rings. The van der Waals surface area contributed by atoms with E-state index in [1.165, 1.54) is 11.8 Å². The molecule has 0 aliphatic rings. The second kappa shape index (κ2) is 8.71. The van der Waals surface area contributed by atoms with E-state index in [2.05, 4.69) is 29.0 Å². The van der Waals surface area contributed by atoms with Gasteiger partial charge in [0.05, 0.1) is 11.7 Å². The highest BCUT2D eigenvalue weighted by Gasteiger charge is 2.15. The van der Waals surface area contributed by atoms with Gasteiger partial charge in [-0.15, -0.1) is 10.2 Å². The fourth-order valence-corrected chi connectivity index (χ4v) is 3.78. The summed E-state index contributed by atoms with van der Waals surface area (Å²) in [6, 6.07) is 15.9. The van der Waals surface area contributed by atoms with Crippen molar-refractivity contribution in [3.8, 4) is 17.2 Å². The van der Waals surface area contributed by atoms with Crippen molar-refractivity contribution in [1.82, 2.24) is 15.2 Å². The lowest BCUT2D eigenvalue weighted by Gasteiger charge is -2.16. The first-order valence-electron chi connectivity index (χ1n) is 9.54. The number of para-hydroxylation sites is 2. The number of aliphatic hydroxyl groups excluding tert-OH is 1. The normalized spacial score (nSPS) is 12.6. The first-order chi connectivity index (χ1) is 14.1. The summed E-state index contributed by atoms with van der Waals surface area (Å²) < 4.78 is 11.6. The van der Waals surface area contributed by atoms with Crippen molar-refractivity contribution in [3.05, 3.63) is 60.3 Å². The van der Waals surface area contributed by atoms with Crippen LogP contribution in [0, 0.1) is 0 Å². The molecule has 6 nitrogen and oxygen atoms in total. The van der Waals surface area contributed by atoms with Crippen molar-refractivity contribution < 1.29 is 14.3 Å². The van der Waals surface area contributed by atoms with Gasteiger partial charge in [0.1, 0.15) is 12.4 Å². The number of aromatic nitrogens is 3. The lowest BCUT2D eigenvalue weighted by Crippen LogP contribution is -2.20. The van der Waals surface area contributed by atoms with Gasteiger partial charge in [0.25, 0.3) is 11.1 Å². The summed E-state index contributed by atoms with van der Waals surface area (Å²) in [4.78, 5) is 3.20. The third-order valence-corrected chi connectivity index (χ3v) is 5.56. The van der Waals surface area contributed by atoms with Gasteiger partial charge in [0, 0.05) is 22.9 Å². The summed E-state index contributed by atoms with van der Waals surface area (Å²) in [6.07, 6.45) is 1.21. The van der Waals surface area contributed by atoms with Crippen LogP contribution >= 0.6 is 11.8 Å². The number of fused-ring (bicyclic) bond motifs is 1. The molecule has 0 radical (unpaired) electrons. The Hall–Kier alpha value is -2.77. The van der Waals surface area contributed by atoms with Crippen molar-refractivity contribution in [1.29, 1.82) is 0 Å². The minimum absolute atomic E-state index is 0.209. The molecule has 0 aliphatic heterocycles. The lowest BCUT2D eigenvalue weighted by molar-refractivity contribution is 0.125. The smallest absolute Gasteiger partial charge is 0.276 e. The number of thioether (sulfide) groups is 1. The van der Waals surface area contributed by atoms with Crippen LogP contribution in [0.3, 0.4) is 0 Å². The molecule has 0 unspecified atom stereocenters. The second-order valence-corrected chi connectivity index (χ2v) is 8.06. The van der Waals surface area contributed by atoms with Crippen LogP contribution < -0.4 is 4.74 Å². The van der Waals surface area contributed by atoms with E-state index < -0.39 is 6.10 Å². The number of hydrogen-bond donors (Lipinski definition) is 2. The summed E-state index contributed by atoms with van der Waals surface area (Å²) >= 11 is 1.32. The Morgan fingerprint density at radius 3 is 2.76 bits per heavy atom. The molecule has 0 spiro atoms. The molecule has 1 atom stereocenters. The van der Waals surface area contributed by atoms with E-state index in [1.54, 1.807) is 0 Å². The third kappa shape index (κ3) is 4.46. The molecule has 0 amide bonds. The second-order valence-electron chi connectivity index (χ2n) is 7.09. The van der Waals surface area contributed by atoms with Crippen LogP contribution in [-0.4, -0.2) is 38.8 Å². The zero-order chi connectivity index (χ0) is 20.2. The Bertz CT molecular complexity index is 1090. The van der Waals surface area contributed by atoms with Crippen molar-refractivity contribution in [2.75, 3.05) is 12.4 Å². The highest BCUT2D eigenvalue weighted by atomic mass is 32.2. The van der Waals surface area contributed by atoms with Gasteiger partial charge in [-0.25, -0.2) is 0 Å². The van der Waals surface area contributed by atoms with Gasteiger partial charge in [0.15, 0.2) is 0 Å². The quantitative estimate of drug-likeness (QED) is 0.404. The number of H-pyrrole nitrogens is 1. The zero-order valence-corrected chi connectivity index (χ0v) is 17.1. The predicted octanol–water partition coefficient (Wildman–Crippen LogP) is 4.87. The summed E-state index contributed by atoms with van der Waals surface area (Å²) in [7, 11) is 0. The first-order valence-corrected chi connectivity index (χ1v) is 10.5. The van der Waals surface area contributed by atoms with Gasteiger partial charge in [0.2, 0.25) is 0 Å². The van der Waals surface area contributed by atoms with Crippen LogP contribution in [0.1, 0.15) is 25.3 Å². The molecule has 0 saturated heterocycles. The molecule has 2 N–H and O–H groups in total. The SMILES string of the molecule is CC(C)c1ccccc1OC[C@@H](O)CSc1nnc(-c2c[nH]c3ccccc23)o1. The molecule has 29 heavy (non-hydrogen) atoms. The Kier molecular flexibility index (Phi) is 5.87. The summed E-state index contributed by atoms with van der Waals surface area (Å²) in [5, 5.41) is 20.0. The highest BCUT2D eigenvalue weighted by molar-refractivity contribution is 7.99. The number of nitrogens with one attached hydrogen (secondary N) is 1. The number of aliphatic hydroxyl groups is 1. The maximum Gasteiger partial charge on any atom is 0.276 e. The maximum atomic E-state index is 10.3. The van der Waals surface area contributed by atoms with Crippen LogP contribution in [-0.2, 0) is 0 Å². The molecule has 0 saturated carbocycles. The van der Waals surface area contributed by atoms with Gasteiger partial charge >= 0.3 is 0 Å². The number of ether oxygens (including phenoxy) is 1. The van der Waals surface area contributed by atoms with Gasteiger partial charge in [-0.05, 0) is 23.6 Å². The van der Waals surface area contributed by atoms with Crippen LogP contribution in [0.15, 0.2) is 64.4 Å². The summed E-state index contributed by atoms with van der Waals surface area (Å²) in [5.74, 6) is 2.03. The molecule has 4 rings (SSSR count). The molecule has 0 bridgehead atoms. The highest BCUT2D eigenvalue weighted by Crippen LogP contribution is 2.30. The third-order valence-electron chi connectivity index (χ3n) is 4.60. The van der Waals surface area contributed by atoms with Gasteiger partial charge in [-0.3, -0.25) is 0 Å². The van der Waals surface area contributed by atoms with Crippen molar-refractivity contribution in [3.63, 3.8) is 0 Å². The Morgan fingerprint density at radius 2 is 1.90 bits per heavy atom. The number of nitrogens with zero attached hydrogens (tertiary/aromatic N) is 2. The number of aromatic amines is 1. The summed E-state index contributed by atoms with van der Waals surface area (Å²) in [5.41, 5.74) is 3.02. The molecular weight excluding hydrogens is 386 g/mol. The fourth-order valence-electron chi connectivity index (χ4n) is 3.12. The van der Waals surface area contributed by atoms with E-state index in [-0.39, 0.29) is 6.61 Å². The minimum atomic E-state index is -0.649. The standard InChI is InChI=1S/C22H23N3O3S/c1-14(2)16-7-4-6-10-20(16)27-12-15(26)13-29-22-25-24-21(28-22)18-11-23-19-9-5-3-8-17(18)19/h3-11,14-15,23,26H,12-13H2,1-2H3/t15-/m1/s1. The maximum absolute atomic E-state index is 10.3. The first kappa shape index (κ1) is 19.5. The lowest BCUT2D eigenvalue weighted by atomic mass is 10.0. The molecule has 0 fully saturated rings. The van der Waals surface area contributed by atoms with E-state index in [1.807, 2.05) is 54.7 Å². The van der Waals surface area contributed by atoms with Crippen molar-refractivity contribution in [2.24, 2.45) is 0 Å². The van der Waals surface area contributed by atoms with Gasteiger partial charge < -0.3 is 19.2 Å². The molecule has 150 valence electrons. The van der Waals surface area contributed by atoms with Crippen LogP contribution in [0.5, 0.6) is 5.75 Å². The van der Waals surface area contributed by atoms with Crippen LogP contribution in [0.2, 0.25) is 0 Å². The molecule has 2 aromatic heterocycles. The predicted molar refractivity (Wildman–Crippen MR) is 114 cm³/mol. The molecule has 2 aromatic carbocycles. The average molecular weight is 410 g/mol.